The van der Waals surface area contributed by atoms with Crippen LogP contribution in [0.4, 0.5) is 0 Å². The first-order chi connectivity index (χ1) is 11.6. The van der Waals surface area contributed by atoms with Crippen molar-refractivity contribution in [1.82, 2.24) is 9.55 Å². The van der Waals surface area contributed by atoms with Crippen LogP contribution in [-0.4, -0.2) is 21.3 Å². The highest BCUT2D eigenvalue weighted by Crippen LogP contribution is 2.21. The van der Waals surface area contributed by atoms with Crippen LogP contribution < -0.4 is 4.74 Å². The molecule has 24 heavy (non-hydrogen) atoms. The lowest BCUT2D eigenvalue weighted by molar-refractivity contribution is 0.184. The third-order valence-corrected chi connectivity index (χ3v) is 4.09. The first-order valence-corrected chi connectivity index (χ1v) is 8.48. The number of imidazole rings is 1. The van der Waals surface area contributed by atoms with E-state index in [-0.39, 0.29) is 0 Å². The number of rotatable bonds is 7. The van der Waals surface area contributed by atoms with E-state index in [2.05, 4.69) is 34.7 Å². The Balaban J connectivity index is 1.58. The fourth-order valence-electron chi connectivity index (χ4n) is 2.92. The Morgan fingerprint density at radius 2 is 1.96 bits per heavy atom. The quantitative estimate of drug-likeness (QED) is 0.661. The molecule has 0 spiro atoms. The van der Waals surface area contributed by atoms with Gasteiger partial charge in [0.25, 0.3) is 0 Å². The molecule has 1 unspecified atom stereocenters. The van der Waals surface area contributed by atoms with Crippen molar-refractivity contribution in [3.8, 4) is 5.75 Å². The van der Waals surface area contributed by atoms with E-state index in [1.165, 1.54) is 5.56 Å². The Morgan fingerprint density at radius 1 is 1.12 bits per heavy atom. The molecule has 4 heteroatoms. The Hall–Kier alpha value is -2.33. The Kier molecular flexibility index (Phi) is 5.16. The molecule has 1 atom stereocenters. The number of fused-ring (bicyclic) bond motifs is 1. The van der Waals surface area contributed by atoms with Crippen LogP contribution in [0.15, 0.2) is 48.5 Å². The van der Waals surface area contributed by atoms with E-state index in [1.54, 1.807) is 6.92 Å². The van der Waals surface area contributed by atoms with Gasteiger partial charge in [-0.15, -0.1) is 0 Å². The summed E-state index contributed by atoms with van der Waals surface area (Å²) >= 11 is 0. The van der Waals surface area contributed by atoms with Crippen LogP contribution in [0.25, 0.3) is 11.0 Å². The Bertz CT molecular complexity index is 808. The van der Waals surface area contributed by atoms with Gasteiger partial charge in [0.15, 0.2) is 0 Å². The topological polar surface area (TPSA) is 47.3 Å². The second-order valence-corrected chi connectivity index (χ2v) is 6.16. The van der Waals surface area contributed by atoms with Gasteiger partial charge in [-0.3, -0.25) is 0 Å². The minimum atomic E-state index is -0.569. The van der Waals surface area contributed by atoms with Crippen molar-refractivity contribution in [3.05, 3.63) is 59.9 Å². The fraction of sp³-hybridized carbons (Fsp3) is 0.350. The number of nitrogens with zero attached hydrogens (tertiary/aromatic N) is 2. The van der Waals surface area contributed by atoms with Gasteiger partial charge in [-0.1, -0.05) is 24.3 Å². The predicted molar refractivity (Wildman–Crippen MR) is 96.3 cm³/mol. The van der Waals surface area contributed by atoms with E-state index in [1.807, 2.05) is 30.3 Å². The van der Waals surface area contributed by atoms with Crippen LogP contribution in [0.3, 0.4) is 0 Å². The van der Waals surface area contributed by atoms with Gasteiger partial charge in [0, 0.05) is 6.54 Å². The summed E-state index contributed by atoms with van der Waals surface area (Å²) in [6.45, 7) is 5.35. The number of unbranched alkanes of at least 4 members (excludes halogenated alkanes) is 1. The lowest BCUT2D eigenvalue weighted by atomic mass is 10.2. The SMILES string of the molecule is Cc1cccc(OCCCCn2c(C(C)O)nc3ccccc32)c1. The minimum Gasteiger partial charge on any atom is -0.494 e. The summed E-state index contributed by atoms with van der Waals surface area (Å²) in [5, 5.41) is 9.97. The number of aliphatic hydroxyl groups is 1. The summed E-state index contributed by atoms with van der Waals surface area (Å²) in [5.74, 6) is 1.66. The molecule has 0 fully saturated rings. The van der Waals surface area contributed by atoms with Gasteiger partial charge >= 0.3 is 0 Å². The van der Waals surface area contributed by atoms with Gasteiger partial charge in [0.1, 0.15) is 17.7 Å². The molecule has 1 N–H and O–H groups in total. The molecule has 0 aliphatic rings. The number of para-hydroxylation sites is 2. The molecule has 126 valence electrons. The third kappa shape index (κ3) is 3.77. The maximum Gasteiger partial charge on any atom is 0.138 e. The predicted octanol–water partition coefficient (Wildman–Crippen LogP) is 4.26. The highest BCUT2D eigenvalue weighted by molar-refractivity contribution is 5.75. The van der Waals surface area contributed by atoms with Crippen molar-refractivity contribution in [1.29, 1.82) is 0 Å². The zero-order chi connectivity index (χ0) is 16.9. The second-order valence-electron chi connectivity index (χ2n) is 6.16. The molecular weight excluding hydrogens is 300 g/mol. The average molecular weight is 324 g/mol. The minimum absolute atomic E-state index is 0.569. The number of benzene rings is 2. The van der Waals surface area contributed by atoms with E-state index in [0.717, 1.165) is 42.0 Å². The van der Waals surface area contributed by atoms with E-state index < -0.39 is 6.10 Å². The Labute approximate surface area is 142 Å². The summed E-state index contributed by atoms with van der Waals surface area (Å²) in [6.07, 6.45) is 1.37. The average Bonchev–Trinajstić information content (AvgIpc) is 2.94. The summed E-state index contributed by atoms with van der Waals surface area (Å²) in [5.41, 5.74) is 3.22. The van der Waals surface area contributed by atoms with E-state index in [4.69, 9.17) is 4.74 Å². The molecule has 1 aromatic heterocycles. The maximum absolute atomic E-state index is 9.97. The molecule has 0 aliphatic heterocycles. The van der Waals surface area contributed by atoms with E-state index in [9.17, 15) is 5.11 Å². The number of aromatic nitrogens is 2. The summed E-state index contributed by atoms with van der Waals surface area (Å²) in [4.78, 5) is 4.55. The smallest absolute Gasteiger partial charge is 0.138 e. The van der Waals surface area contributed by atoms with Crippen molar-refractivity contribution in [3.63, 3.8) is 0 Å². The molecule has 1 heterocycles. The zero-order valence-electron chi connectivity index (χ0n) is 14.3. The molecule has 3 rings (SSSR count). The van der Waals surface area contributed by atoms with Crippen LogP contribution in [-0.2, 0) is 6.54 Å². The van der Waals surface area contributed by atoms with Crippen molar-refractivity contribution >= 4 is 11.0 Å². The number of hydrogen-bond donors (Lipinski definition) is 1. The zero-order valence-corrected chi connectivity index (χ0v) is 14.3. The lowest BCUT2D eigenvalue weighted by Crippen LogP contribution is -2.08. The monoisotopic (exact) mass is 324 g/mol. The fourth-order valence-corrected chi connectivity index (χ4v) is 2.92. The normalized spacial score (nSPS) is 12.5. The number of ether oxygens (including phenoxy) is 1. The van der Waals surface area contributed by atoms with Crippen molar-refractivity contribution in [2.45, 2.75) is 39.3 Å². The van der Waals surface area contributed by atoms with Crippen LogP contribution in [0, 0.1) is 6.92 Å². The molecule has 0 aliphatic carbocycles. The van der Waals surface area contributed by atoms with Crippen LogP contribution in [0.2, 0.25) is 0 Å². The molecule has 3 aromatic rings. The number of hydrogen-bond acceptors (Lipinski definition) is 3. The van der Waals surface area contributed by atoms with Crippen molar-refractivity contribution in [2.24, 2.45) is 0 Å². The second kappa shape index (κ2) is 7.49. The van der Waals surface area contributed by atoms with Gasteiger partial charge in [0.2, 0.25) is 0 Å². The van der Waals surface area contributed by atoms with Gasteiger partial charge in [-0.2, -0.15) is 0 Å². The summed E-state index contributed by atoms with van der Waals surface area (Å²) in [6, 6.07) is 16.1. The third-order valence-electron chi connectivity index (χ3n) is 4.09. The van der Waals surface area contributed by atoms with E-state index in [0.29, 0.717) is 6.61 Å². The van der Waals surface area contributed by atoms with Gasteiger partial charge in [-0.05, 0) is 56.5 Å². The van der Waals surface area contributed by atoms with Gasteiger partial charge in [-0.25, -0.2) is 4.98 Å². The maximum atomic E-state index is 9.97. The van der Waals surface area contributed by atoms with Gasteiger partial charge in [0.05, 0.1) is 17.6 Å². The number of aliphatic hydroxyl groups excluding tert-OH is 1. The lowest BCUT2D eigenvalue weighted by Gasteiger charge is -2.11. The van der Waals surface area contributed by atoms with Crippen molar-refractivity contribution in [2.75, 3.05) is 6.61 Å². The summed E-state index contributed by atoms with van der Waals surface area (Å²) < 4.78 is 7.91. The van der Waals surface area contributed by atoms with Crippen LogP contribution >= 0.6 is 0 Å². The molecule has 2 aromatic carbocycles. The highest BCUT2D eigenvalue weighted by atomic mass is 16.5. The molecular formula is C20H24N2O2. The van der Waals surface area contributed by atoms with Crippen LogP contribution in [0.1, 0.15) is 37.3 Å². The summed E-state index contributed by atoms with van der Waals surface area (Å²) in [7, 11) is 0. The first kappa shape index (κ1) is 16.5. The molecule has 0 bridgehead atoms. The molecule has 0 saturated carbocycles. The number of aryl methyl sites for hydroxylation is 2. The standard InChI is InChI=1S/C20H24N2O2/c1-15-8-7-9-17(14-15)24-13-6-5-12-22-19-11-4-3-10-18(19)21-20(22)16(2)23/h3-4,7-11,14,16,23H,5-6,12-13H2,1-2H3. The van der Waals surface area contributed by atoms with Crippen LogP contribution in [0.5, 0.6) is 5.75 Å². The van der Waals surface area contributed by atoms with E-state index >= 15 is 0 Å². The molecule has 4 nitrogen and oxygen atoms in total. The van der Waals surface area contributed by atoms with Gasteiger partial charge < -0.3 is 14.4 Å². The largest absolute Gasteiger partial charge is 0.494 e. The van der Waals surface area contributed by atoms with Crippen molar-refractivity contribution < 1.29 is 9.84 Å². The molecule has 0 saturated heterocycles. The first-order valence-electron chi connectivity index (χ1n) is 8.48. The Morgan fingerprint density at radius 3 is 2.75 bits per heavy atom. The molecule has 0 radical (unpaired) electrons. The highest BCUT2D eigenvalue weighted by Gasteiger charge is 2.13. The molecule has 0 amide bonds.